The topological polar surface area (TPSA) is 63.7 Å². The van der Waals surface area contributed by atoms with Crippen LogP contribution in [0.4, 0.5) is 0 Å². The number of hydrogen-bond acceptors (Lipinski definition) is 4. The third-order valence-corrected chi connectivity index (χ3v) is 4.90. The number of sulfone groups is 1. The third kappa shape index (κ3) is 7.42. The molecule has 0 bridgehead atoms. The molecule has 0 aromatic heterocycles. The number of nitrogens with zero attached hydrogens (tertiary/aromatic N) is 1. The zero-order chi connectivity index (χ0) is 17.6. The Morgan fingerprint density at radius 1 is 1.35 bits per heavy atom. The molecule has 1 unspecified atom stereocenters. The van der Waals surface area contributed by atoms with Gasteiger partial charge in [-0.2, -0.15) is 0 Å². The summed E-state index contributed by atoms with van der Waals surface area (Å²) in [6.45, 7) is 2.05. The van der Waals surface area contributed by atoms with Crippen LogP contribution in [0.15, 0.2) is 18.2 Å². The Bertz CT molecular complexity index is 649. The maximum atomic E-state index is 12.0. The van der Waals surface area contributed by atoms with Crippen LogP contribution in [0, 0.1) is 0 Å². The van der Waals surface area contributed by atoms with E-state index in [0.717, 1.165) is 6.26 Å². The van der Waals surface area contributed by atoms with Crippen molar-refractivity contribution >= 4 is 38.9 Å². The molecule has 1 atom stereocenters. The van der Waals surface area contributed by atoms with Crippen LogP contribution in [0.5, 0.6) is 5.75 Å². The Hall–Kier alpha value is -0.980. The van der Waals surface area contributed by atoms with Crippen LogP contribution < -0.4 is 4.74 Å². The number of amides is 1. The molecule has 1 rings (SSSR count). The van der Waals surface area contributed by atoms with E-state index in [-0.39, 0.29) is 24.1 Å². The Morgan fingerprint density at radius 3 is 2.57 bits per heavy atom. The van der Waals surface area contributed by atoms with Crippen molar-refractivity contribution in [1.29, 1.82) is 0 Å². The van der Waals surface area contributed by atoms with Crippen molar-refractivity contribution in [3.05, 3.63) is 28.2 Å². The maximum absolute atomic E-state index is 12.0. The molecule has 0 spiro atoms. The molecule has 130 valence electrons. The summed E-state index contributed by atoms with van der Waals surface area (Å²) in [5, 5.41) is 0.946. The fraction of sp³-hybridized carbons (Fsp3) is 0.533. The number of rotatable bonds is 8. The van der Waals surface area contributed by atoms with Crippen LogP contribution in [0.3, 0.4) is 0 Å². The Labute approximate surface area is 147 Å². The van der Waals surface area contributed by atoms with Crippen molar-refractivity contribution in [1.82, 2.24) is 4.90 Å². The summed E-state index contributed by atoms with van der Waals surface area (Å²) < 4.78 is 28.0. The van der Waals surface area contributed by atoms with E-state index >= 15 is 0 Å². The molecule has 0 saturated heterocycles. The van der Waals surface area contributed by atoms with Gasteiger partial charge in [0.05, 0.1) is 17.4 Å². The first-order valence-corrected chi connectivity index (χ1v) is 9.93. The van der Waals surface area contributed by atoms with Gasteiger partial charge >= 0.3 is 0 Å². The van der Waals surface area contributed by atoms with Gasteiger partial charge in [0.25, 0.3) is 0 Å². The van der Waals surface area contributed by atoms with Gasteiger partial charge in [-0.05, 0) is 31.5 Å². The summed E-state index contributed by atoms with van der Waals surface area (Å²) >= 11 is 11.8. The number of halogens is 2. The minimum atomic E-state index is -3.12. The SMILES string of the molecule is CC(CS(C)(=O)=O)N(C)C(=O)CCCOc1ccc(Cl)cc1Cl. The van der Waals surface area contributed by atoms with Crippen LogP contribution in [0.1, 0.15) is 19.8 Å². The highest BCUT2D eigenvalue weighted by molar-refractivity contribution is 7.90. The zero-order valence-corrected chi connectivity index (χ0v) is 15.7. The average molecular weight is 382 g/mol. The number of benzene rings is 1. The Morgan fingerprint density at radius 2 is 2.00 bits per heavy atom. The molecular formula is C15H21Cl2NO4S. The van der Waals surface area contributed by atoms with Crippen LogP contribution in [-0.4, -0.2) is 50.9 Å². The van der Waals surface area contributed by atoms with Crippen LogP contribution in [0.25, 0.3) is 0 Å². The van der Waals surface area contributed by atoms with E-state index < -0.39 is 9.84 Å². The van der Waals surface area contributed by atoms with Crippen LogP contribution in [0.2, 0.25) is 10.0 Å². The second kappa shape index (κ2) is 8.76. The van der Waals surface area contributed by atoms with Gasteiger partial charge in [0, 0.05) is 30.8 Å². The van der Waals surface area contributed by atoms with Crippen molar-refractivity contribution in [3.8, 4) is 5.75 Å². The second-order valence-electron chi connectivity index (χ2n) is 5.47. The molecular weight excluding hydrogens is 361 g/mol. The molecule has 23 heavy (non-hydrogen) atoms. The molecule has 0 saturated carbocycles. The van der Waals surface area contributed by atoms with Crippen molar-refractivity contribution in [2.45, 2.75) is 25.8 Å². The molecule has 1 aromatic carbocycles. The smallest absolute Gasteiger partial charge is 0.222 e. The molecule has 1 amide bonds. The van der Waals surface area contributed by atoms with Gasteiger partial charge in [-0.25, -0.2) is 8.42 Å². The average Bonchev–Trinajstić information content (AvgIpc) is 2.42. The van der Waals surface area contributed by atoms with E-state index in [0.29, 0.717) is 28.8 Å². The zero-order valence-electron chi connectivity index (χ0n) is 13.4. The highest BCUT2D eigenvalue weighted by Crippen LogP contribution is 2.27. The summed E-state index contributed by atoms with van der Waals surface area (Å²) in [4.78, 5) is 13.5. The second-order valence-corrected chi connectivity index (χ2v) is 8.50. The van der Waals surface area contributed by atoms with E-state index in [1.807, 2.05) is 0 Å². The normalized spacial score (nSPS) is 12.7. The molecule has 1 aromatic rings. The summed E-state index contributed by atoms with van der Waals surface area (Å²) in [6, 6.07) is 4.58. The summed E-state index contributed by atoms with van der Waals surface area (Å²) in [5.41, 5.74) is 0. The van der Waals surface area contributed by atoms with Gasteiger partial charge in [0.2, 0.25) is 5.91 Å². The number of carbonyl (C=O) groups excluding carboxylic acids is 1. The first-order chi connectivity index (χ1) is 10.6. The minimum absolute atomic E-state index is 0.0495. The third-order valence-electron chi connectivity index (χ3n) is 3.28. The van der Waals surface area contributed by atoms with Crippen molar-refractivity contribution in [2.24, 2.45) is 0 Å². The van der Waals surface area contributed by atoms with E-state index in [1.54, 1.807) is 32.2 Å². The van der Waals surface area contributed by atoms with E-state index in [4.69, 9.17) is 27.9 Å². The highest BCUT2D eigenvalue weighted by Gasteiger charge is 2.19. The Balaban J connectivity index is 2.38. The lowest BCUT2D eigenvalue weighted by Gasteiger charge is -2.24. The van der Waals surface area contributed by atoms with Crippen LogP contribution >= 0.6 is 23.2 Å². The fourth-order valence-corrected chi connectivity index (χ4v) is 3.53. The van der Waals surface area contributed by atoms with E-state index in [9.17, 15) is 13.2 Å². The molecule has 0 fully saturated rings. The predicted octanol–water partition coefficient (Wildman–Crippen LogP) is 3.04. The molecule has 0 aliphatic heterocycles. The number of hydrogen-bond donors (Lipinski definition) is 0. The molecule has 0 N–H and O–H groups in total. The first kappa shape index (κ1) is 20.1. The quantitative estimate of drug-likeness (QED) is 0.649. The minimum Gasteiger partial charge on any atom is -0.492 e. The molecule has 5 nitrogen and oxygen atoms in total. The van der Waals surface area contributed by atoms with Gasteiger partial charge in [0.1, 0.15) is 15.6 Å². The van der Waals surface area contributed by atoms with Gasteiger partial charge in [-0.15, -0.1) is 0 Å². The maximum Gasteiger partial charge on any atom is 0.222 e. The lowest BCUT2D eigenvalue weighted by Crippen LogP contribution is -2.39. The standard InChI is InChI=1S/C15H21Cl2NO4S/c1-11(10-23(3,20)21)18(2)15(19)5-4-8-22-14-7-6-12(16)9-13(14)17/h6-7,9,11H,4-5,8,10H2,1-3H3. The highest BCUT2D eigenvalue weighted by atomic mass is 35.5. The Kier molecular flexibility index (Phi) is 7.64. The summed E-state index contributed by atoms with van der Waals surface area (Å²) in [7, 11) is -1.51. The molecule has 0 aliphatic carbocycles. The van der Waals surface area contributed by atoms with Gasteiger partial charge in [0.15, 0.2) is 0 Å². The van der Waals surface area contributed by atoms with Crippen LogP contribution in [-0.2, 0) is 14.6 Å². The van der Waals surface area contributed by atoms with Gasteiger partial charge < -0.3 is 9.64 Å². The monoisotopic (exact) mass is 381 g/mol. The van der Waals surface area contributed by atoms with Crippen molar-refractivity contribution < 1.29 is 17.9 Å². The summed E-state index contributed by atoms with van der Waals surface area (Å²) in [5.74, 6) is 0.348. The summed E-state index contributed by atoms with van der Waals surface area (Å²) in [6.07, 6.45) is 1.94. The fourth-order valence-electron chi connectivity index (χ4n) is 1.97. The molecule has 0 radical (unpaired) electrons. The van der Waals surface area contributed by atoms with E-state index in [1.165, 1.54) is 4.90 Å². The molecule has 8 heteroatoms. The number of carbonyl (C=O) groups is 1. The van der Waals surface area contributed by atoms with Crippen molar-refractivity contribution in [3.63, 3.8) is 0 Å². The largest absolute Gasteiger partial charge is 0.492 e. The lowest BCUT2D eigenvalue weighted by atomic mass is 10.2. The van der Waals surface area contributed by atoms with Gasteiger partial charge in [-0.1, -0.05) is 23.2 Å². The van der Waals surface area contributed by atoms with Crippen molar-refractivity contribution in [2.75, 3.05) is 25.7 Å². The predicted molar refractivity (Wildman–Crippen MR) is 93.1 cm³/mol. The molecule has 0 heterocycles. The molecule has 0 aliphatic rings. The number of ether oxygens (including phenoxy) is 1. The lowest BCUT2D eigenvalue weighted by molar-refractivity contribution is -0.131. The first-order valence-electron chi connectivity index (χ1n) is 7.11. The van der Waals surface area contributed by atoms with E-state index in [2.05, 4.69) is 0 Å². The van der Waals surface area contributed by atoms with Gasteiger partial charge in [-0.3, -0.25) is 4.79 Å².